The van der Waals surface area contributed by atoms with Crippen molar-refractivity contribution in [2.24, 2.45) is 5.92 Å². The first-order valence-electron chi connectivity index (χ1n) is 4.29. The van der Waals surface area contributed by atoms with Crippen molar-refractivity contribution >= 4 is 0 Å². The van der Waals surface area contributed by atoms with Gasteiger partial charge in [0.15, 0.2) is 5.60 Å². The Labute approximate surface area is 73.0 Å². The maximum Gasteiger partial charge on any atom is 0.153 e. The van der Waals surface area contributed by atoms with Gasteiger partial charge in [-0.05, 0) is 19.3 Å². The van der Waals surface area contributed by atoms with Crippen LogP contribution < -0.4 is 0 Å². The summed E-state index contributed by atoms with van der Waals surface area (Å²) in [5, 5.41) is 18.5. The maximum absolute atomic E-state index is 9.75. The Morgan fingerprint density at radius 2 is 2.33 bits per heavy atom. The molecule has 0 saturated heterocycles. The van der Waals surface area contributed by atoms with Crippen LogP contribution in [0.15, 0.2) is 0 Å². The highest BCUT2D eigenvalue weighted by Crippen LogP contribution is 2.34. The van der Waals surface area contributed by atoms with Crippen LogP contribution in [0.25, 0.3) is 0 Å². The molecule has 0 aliphatic heterocycles. The van der Waals surface area contributed by atoms with Crippen LogP contribution in [0, 0.1) is 17.2 Å². The summed E-state index contributed by atoms with van der Waals surface area (Å²) in [6.07, 6.45) is 2.31. The van der Waals surface area contributed by atoms with Gasteiger partial charge in [0.1, 0.15) is 0 Å². The number of rotatable bonds is 1. The van der Waals surface area contributed by atoms with E-state index in [1.165, 1.54) is 0 Å². The predicted octanol–water partition coefficient (Wildman–Crippen LogP) is 1.08. The molecule has 0 aromatic carbocycles. The van der Waals surface area contributed by atoms with E-state index < -0.39 is 5.60 Å². The molecule has 68 valence electrons. The van der Waals surface area contributed by atoms with Crippen LogP contribution in [0.2, 0.25) is 0 Å². The van der Waals surface area contributed by atoms with Crippen LogP contribution in [0.1, 0.15) is 26.2 Å². The smallest absolute Gasteiger partial charge is 0.153 e. The summed E-state index contributed by atoms with van der Waals surface area (Å²) in [7, 11) is 1.67. The van der Waals surface area contributed by atoms with E-state index in [9.17, 15) is 5.11 Å². The molecule has 0 spiro atoms. The van der Waals surface area contributed by atoms with Gasteiger partial charge in [-0.25, -0.2) is 0 Å². The molecule has 12 heavy (non-hydrogen) atoms. The highest BCUT2D eigenvalue weighted by molar-refractivity contribution is 5.06. The van der Waals surface area contributed by atoms with Crippen LogP contribution in [-0.2, 0) is 4.74 Å². The monoisotopic (exact) mass is 169 g/mol. The van der Waals surface area contributed by atoms with Gasteiger partial charge in [0, 0.05) is 13.0 Å². The fourth-order valence-electron chi connectivity index (χ4n) is 1.71. The lowest BCUT2D eigenvalue weighted by molar-refractivity contribution is -0.0469. The Balaban J connectivity index is 2.60. The van der Waals surface area contributed by atoms with E-state index in [1.807, 2.05) is 13.0 Å². The maximum atomic E-state index is 9.75. The van der Waals surface area contributed by atoms with E-state index in [-0.39, 0.29) is 12.0 Å². The fraction of sp³-hybridized carbons (Fsp3) is 0.889. The highest BCUT2D eigenvalue weighted by Gasteiger charge is 2.39. The first kappa shape index (κ1) is 9.50. The molecule has 1 N–H and O–H groups in total. The molecule has 0 amide bonds. The normalized spacial score (nSPS) is 42.2. The van der Waals surface area contributed by atoms with Crippen molar-refractivity contribution in [2.45, 2.75) is 37.9 Å². The standard InChI is InChI=1S/C9H15NO2/c1-7-5-8(12-2)3-4-9(7,11)6-10/h7-8,11H,3-5H2,1-2H3. The Bertz CT molecular complexity index is 199. The molecule has 1 aliphatic rings. The molecule has 1 rings (SSSR count). The first-order chi connectivity index (χ1) is 5.62. The number of hydrogen-bond donors (Lipinski definition) is 1. The minimum absolute atomic E-state index is 0.0150. The fourth-order valence-corrected chi connectivity index (χ4v) is 1.71. The molecule has 3 heteroatoms. The summed E-state index contributed by atoms with van der Waals surface area (Å²) < 4.78 is 5.18. The molecule has 0 aromatic rings. The van der Waals surface area contributed by atoms with Crippen LogP contribution in [-0.4, -0.2) is 23.9 Å². The van der Waals surface area contributed by atoms with Crippen molar-refractivity contribution in [1.29, 1.82) is 5.26 Å². The summed E-state index contributed by atoms with van der Waals surface area (Å²) >= 11 is 0. The van der Waals surface area contributed by atoms with E-state index in [1.54, 1.807) is 7.11 Å². The van der Waals surface area contributed by atoms with Gasteiger partial charge in [0.05, 0.1) is 12.2 Å². The summed E-state index contributed by atoms with van der Waals surface area (Å²) in [5.74, 6) is 0.0150. The highest BCUT2D eigenvalue weighted by atomic mass is 16.5. The molecule has 3 nitrogen and oxygen atoms in total. The zero-order valence-corrected chi connectivity index (χ0v) is 7.58. The Kier molecular flexibility index (Phi) is 2.71. The number of ether oxygens (including phenoxy) is 1. The number of nitriles is 1. The van der Waals surface area contributed by atoms with Gasteiger partial charge in [-0.3, -0.25) is 0 Å². The number of nitrogens with zero attached hydrogens (tertiary/aromatic N) is 1. The number of methoxy groups -OCH3 is 1. The molecule has 0 aromatic heterocycles. The van der Waals surface area contributed by atoms with E-state index >= 15 is 0 Å². The molecule has 3 unspecified atom stereocenters. The lowest BCUT2D eigenvalue weighted by atomic mass is 9.76. The van der Waals surface area contributed by atoms with Crippen LogP contribution in [0.5, 0.6) is 0 Å². The van der Waals surface area contributed by atoms with E-state index in [0.29, 0.717) is 6.42 Å². The summed E-state index contributed by atoms with van der Waals surface area (Å²) in [6, 6.07) is 1.97. The average molecular weight is 169 g/mol. The Hall–Kier alpha value is -0.590. The van der Waals surface area contributed by atoms with Crippen molar-refractivity contribution in [1.82, 2.24) is 0 Å². The lowest BCUT2D eigenvalue weighted by Crippen LogP contribution is -2.42. The van der Waals surface area contributed by atoms with Gasteiger partial charge >= 0.3 is 0 Å². The lowest BCUT2D eigenvalue weighted by Gasteiger charge is -2.35. The van der Waals surface area contributed by atoms with E-state index in [2.05, 4.69) is 0 Å². The van der Waals surface area contributed by atoms with Gasteiger partial charge in [-0.15, -0.1) is 0 Å². The molecule has 1 fully saturated rings. The summed E-state index contributed by atoms with van der Waals surface area (Å²) in [4.78, 5) is 0. The van der Waals surface area contributed by atoms with Crippen LogP contribution in [0.3, 0.4) is 0 Å². The first-order valence-corrected chi connectivity index (χ1v) is 4.29. The SMILES string of the molecule is COC1CCC(O)(C#N)C(C)C1. The Morgan fingerprint density at radius 1 is 1.67 bits per heavy atom. The van der Waals surface area contributed by atoms with Crippen molar-refractivity contribution < 1.29 is 9.84 Å². The number of hydrogen-bond acceptors (Lipinski definition) is 3. The Morgan fingerprint density at radius 3 is 2.75 bits per heavy atom. The quantitative estimate of drug-likeness (QED) is 0.597. The van der Waals surface area contributed by atoms with Crippen LogP contribution in [0.4, 0.5) is 0 Å². The molecule has 1 aliphatic carbocycles. The molecule has 0 radical (unpaired) electrons. The van der Waals surface area contributed by atoms with Gasteiger partial charge < -0.3 is 9.84 Å². The summed E-state index contributed by atoms with van der Waals surface area (Å²) in [6.45, 7) is 1.90. The van der Waals surface area contributed by atoms with Crippen molar-refractivity contribution in [3.8, 4) is 6.07 Å². The summed E-state index contributed by atoms with van der Waals surface area (Å²) in [5.41, 5.74) is -1.12. The second kappa shape index (κ2) is 3.42. The predicted molar refractivity (Wildman–Crippen MR) is 44.4 cm³/mol. The topological polar surface area (TPSA) is 53.2 Å². The third-order valence-corrected chi connectivity index (χ3v) is 2.81. The van der Waals surface area contributed by atoms with E-state index in [0.717, 1.165) is 12.8 Å². The zero-order chi connectivity index (χ0) is 9.19. The third kappa shape index (κ3) is 1.60. The van der Waals surface area contributed by atoms with Gasteiger partial charge in [-0.2, -0.15) is 5.26 Å². The zero-order valence-electron chi connectivity index (χ0n) is 7.58. The van der Waals surface area contributed by atoms with Crippen molar-refractivity contribution in [2.75, 3.05) is 7.11 Å². The van der Waals surface area contributed by atoms with Gasteiger partial charge in [0.2, 0.25) is 0 Å². The van der Waals surface area contributed by atoms with Crippen LogP contribution >= 0.6 is 0 Å². The van der Waals surface area contributed by atoms with Crippen molar-refractivity contribution in [3.63, 3.8) is 0 Å². The minimum atomic E-state index is -1.12. The molecule has 0 heterocycles. The molecule has 0 bridgehead atoms. The minimum Gasteiger partial charge on any atom is -0.381 e. The van der Waals surface area contributed by atoms with E-state index in [4.69, 9.17) is 10.00 Å². The second-order valence-electron chi connectivity index (χ2n) is 3.57. The molecule has 1 saturated carbocycles. The average Bonchev–Trinajstić information content (AvgIpc) is 2.10. The third-order valence-electron chi connectivity index (χ3n) is 2.81. The van der Waals surface area contributed by atoms with Gasteiger partial charge in [0.25, 0.3) is 0 Å². The number of aliphatic hydroxyl groups is 1. The molecular formula is C9H15NO2. The second-order valence-corrected chi connectivity index (χ2v) is 3.57. The molecular weight excluding hydrogens is 154 g/mol. The molecule has 3 atom stereocenters. The van der Waals surface area contributed by atoms with Gasteiger partial charge in [-0.1, -0.05) is 6.92 Å². The largest absolute Gasteiger partial charge is 0.381 e. The van der Waals surface area contributed by atoms with Crippen molar-refractivity contribution in [3.05, 3.63) is 0 Å².